The topological polar surface area (TPSA) is 75.7 Å². The monoisotopic (exact) mass is 262 g/mol. The summed E-state index contributed by atoms with van der Waals surface area (Å²) in [6.45, 7) is 4.16. The predicted octanol–water partition coefficient (Wildman–Crippen LogP) is -0.0250. The fraction of sp³-hybridized carbons (Fsp3) is 0.700. The molecule has 1 fully saturated rings. The molecule has 1 saturated heterocycles. The van der Waals surface area contributed by atoms with E-state index in [-0.39, 0.29) is 23.6 Å². The summed E-state index contributed by atoms with van der Waals surface area (Å²) in [5.74, 6) is 0.170. The molecule has 0 radical (unpaired) electrons. The van der Waals surface area contributed by atoms with E-state index >= 15 is 0 Å². The Bertz CT molecular complexity index is 380. The summed E-state index contributed by atoms with van der Waals surface area (Å²) in [5, 5.41) is 2.46. The third kappa shape index (κ3) is 4.01. The van der Waals surface area contributed by atoms with Crippen molar-refractivity contribution < 1.29 is 17.9 Å². The summed E-state index contributed by atoms with van der Waals surface area (Å²) in [5.41, 5.74) is 0. The Balaban J connectivity index is 2.69. The molecular formula is C10H18N2O4S. The number of sulfone groups is 1. The van der Waals surface area contributed by atoms with E-state index in [2.05, 4.69) is 11.9 Å². The molecule has 1 heterocycles. The summed E-state index contributed by atoms with van der Waals surface area (Å²) < 4.78 is 27.7. The van der Waals surface area contributed by atoms with Gasteiger partial charge in [0.2, 0.25) is 0 Å². The number of carbonyl (C=O) groups is 1. The lowest BCUT2D eigenvalue weighted by atomic mass is 10.2. The highest BCUT2D eigenvalue weighted by Gasteiger charge is 2.34. The van der Waals surface area contributed by atoms with E-state index in [0.717, 1.165) is 0 Å². The molecule has 0 aromatic rings. The van der Waals surface area contributed by atoms with Crippen molar-refractivity contribution in [3.63, 3.8) is 0 Å². The van der Waals surface area contributed by atoms with Gasteiger partial charge in [-0.05, 0) is 12.6 Å². The average molecular weight is 262 g/mol. The van der Waals surface area contributed by atoms with Crippen molar-refractivity contribution in [1.29, 1.82) is 0 Å². The number of nitrogens with zero attached hydrogens (tertiary/aromatic N) is 1. The second kappa shape index (κ2) is 6.02. The van der Waals surface area contributed by atoms with E-state index in [0.29, 0.717) is 19.6 Å². The number of nitrogens with one attached hydrogen (secondary N) is 1. The van der Waals surface area contributed by atoms with Gasteiger partial charge in [0.05, 0.1) is 18.1 Å². The molecule has 1 unspecified atom stereocenters. The van der Waals surface area contributed by atoms with Gasteiger partial charge < -0.3 is 15.0 Å². The molecule has 0 saturated carbocycles. The van der Waals surface area contributed by atoms with Crippen LogP contribution in [0.3, 0.4) is 0 Å². The van der Waals surface area contributed by atoms with Gasteiger partial charge in [-0.1, -0.05) is 6.58 Å². The quantitative estimate of drug-likeness (QED) is 0.755. The summed E-state index contributed by atoms with van der Waals surface area (Å²) in [6.07, 6.45) is 1.77. The van der Waals surface area contributed by atoms with E-state index < -0.39 is 9.84 Å². The Morgan fingerprint density at radius 2 is 2.35 bits per heavy atom. The second-order valence-corrected chi connectivity index (χ2v) is 6.13. The second-order valence-electron chi connectivity index (χ2n) is 3.90. The first-order chi connectivity index (χ1) is 8.00. The molecule has 1 N–H and O–H groups in total. The van der Waals surface area contributed by atoms with Crippen molar-refractivity contribution in [2.24, 2.45) is 0 Å². The Morgan fingerprint density at radius 1 is 1.65 bits per heavy atom. The largest absolute Gasteiger partial charge is 0.383 e. The number of amides is 2. The van der Waals surface area contributed by atoms with E-state index in [4.69, 9.17) is 4.74 Å². The van der Waals surface area contributed by atoms with Gasteiger partial charge in [0.15, 0.2) is 9.84 Å². The fourth-order valence-electron chi connectivity index (χ4n) is 1.83. The number of carbonyl (C=O) groups excluding carboxylic acids is 1. The molecule has 1 atom stereocenters. The molecule has 2 amide bonds. The molecule has 0 bridgehead atoms. The number of methoxy groups -OCH3 is 1. The van der Waals surface area contributed by atoms with Crippen LogP contribution in [0.25, 0.3) is 0 Å². The Labute approximate surface area is 102 Å². The zero-order chi connectivity index (χ0) is 12.9. The number of ether oxygens (including phenoxy) is 1. The van der Waals surface area contributed by atoms with Crippen LogP contribution in [-0.2, 0) is 14.6 Å². The molecule has 17 heavy (non-hydrogen) atoms. The van der Waals surface area contributed by atoms with Crippen molar-refractivity contribution in [3.05, 3.63) is 12.8 Å². The smallest absolute Gasteiger partial charge is 0.321 e. The number of hydrogen-bond acceptors (Lipinski definition) is 4. The maximum atomic E-state index is 11.7. The molecule has 0 aromatic carbocycles. The van der Waals surface area contributed by atoms with Crippen LogP contribution < -0.4 is 5.32 Å². The van der Waals surface area contributed by atoms with Crippen LogP contribution in [-0.4, -0.2) is 57.2 Å². The van der Waals surface area contributed by atoms with Gasteiger partial charge in [-0.25, -0.2) is 13.2 Å². The van der Waals surface area contributed by atoms with Gasteiger partial charge in [-0.15, -0.1) is 0 Å². The highest BCUT2D eigenvalue weighted by molar-refractivity contribution is 7.91. The van der Waals surface area contributed by atoms with Crippen molar-refractivity contribution in [3.8, 4) is 0 Å². The zero-order valence-electron chi connectivity index (χ0n) is 9.89. The van der Waals surface area contributed by atoms with Crippen LogP contribution in [0, 0.1) is 0 Å². The van der Waals surface area contributed by atoms with Crippen LogP contribution in [0.15, 0.2) is 12.8 Å². The molecule has 6 nitrogen and oxygen atoms in total. The highest BCUT2D eigenvalue weighted by atomic mass is 32.2. The first-order valence-corrected chi connectivity index (χ1v) is 7.19. The minimum absolute atomic E-state index is 0.0290. The van der Waals surface area contributed by atoms with E-state index in [1.807, 2.05) is 0 Å². The van der Waals surface area contributed by atoms with Crippen molar-refractivity contribution >= 4 is 15.9 Å². The van der Waals surface area contributed by atoms with Gasteiger partial charge in [-0.2, -0.15) is 0 Å². The molecule has 7 heteroatoms. The number of rotatable bonds is 5. The van der Waals surface area contributed by atoms with Crippen LogP contribution in [0.4, 0.5) is 4.79 Å². The molecule has 0 aromatic heterocycles. The van der Waals surface area contributed by atoms with Gasteiger partial charge in [0.25, 0.3) is 0 Å². The third-order valence-electron chi connectivity index (χ3n) is 2.67. The molecule has 1 aliphatic heterocycles. The molecule has 1 rings (SSSR count). The summed E-state index contributed by atoms with van der Waals surface area (Å²) in [6, 6.07) is -0.603. The molecular weight excluding hydrogens is 244 g/mol. The Kier molecular flexibility index (Phi) is 4.95. The van der Waals surface area contributed by atoms with Crippen LogP contribution in [0.1, 0.15) is 6.42 Å². The third-order valence-corrected chi connectivity index (χ3v) is 4.42. The maximum Gasteiger partial charge on any atom is 0.321 e. The molecule has 0 aliphatic carbocycles. The summed E-state index contributed by atoms with van der Waals surface area (Å²) in [4.78, 5) is 13.2. The van der Waals surface area contributed by atoms with Gasteiger partial charge in [0.1, 0.15) is 0 Å². The fourth-order valence-corrected chi connectivity index (χ4v) is 3.56. The lowest BCUT2D eigenvalue weighted by Gasteiger charge is -2.27. The van der Waals surface area contributed by atoms with Crippen LogP contribution in [0.2, 0.25) is 0 Å². The van der Waals surface area contributed by atoms with E-state index in [1.165, 1.54) is 18.2 Å². The number of urea groups is 1. The molecule has 98 valence electrons. The molecule has 1 aliphatic rings. The van der Waals surface area contributed by atoms with Crippen LogP contribution in [0.5, 0.6) is 0 Å². The predicted molar refractivity (Wildman–Crippen MR) is 64.4 cm³/mol. The van der Waals surface area contributed by atoms with Gasteiger partial charge in [0, 0.05) is 19.7 Å². The lowest BCUT2D eigenvalue weighted by Crippen LogP contribution is -2.46. The van der Waals surface area contributed by atoms with Crippen LogP contribution >= 0.6 is 0 Å². The minimum atomic E-state index is -3.00. The summed E-state index contributed by atoms with van der Waals surface area (Å²) >= 11 is 0. The first kappa shape index (κ1) is 14.0. The van der Waals surface area contributed by atoms with Crippen molar-refractivity contribution in [2.45, 2.75) is 12.5 Å². The molecule has 0 spiro atoms. The standard InChI is InChI=1S/C10H18N2O4S/c1-3-11-10(13)12(5-6-16-2)9-4-7-17(14,15)8-9/h3,9H,1,4-8H2,2H3,(H,11,13). The SMILES string of the molecule is C=CNC(=O)N(CCOC)C1CCS(=O)(=O)C1. The first-order valence-electron chi connectivity index (χ1n) is 5.37. The Hall–Kier alpha value is -1.08. The lowest BCUT2D eigenvalue weighted by molar-refractivity contribution is 0.135. The van der Waals surface area contributed by atoms with Crippen molar-refractivity contribution in [1.82, 2.24) is 10.2 Å². The maximum absolute atomic E-state index is 11.7. The normalized spacial score (nSPS) is 22.1. The van der Waals surface area contributed by atoms with Gasteiger partial charge >= 0.3 is 6.03 Å². The zero-order valence-corrected chi connectivity index (χ0v) is 10.7. The summed E-state index contributed by atoms with van der Waals surface area (Å²) in [7, 11) is -1.47. The Morgan fingerprint density at radius 3 is 2.82 bits per heavy atom. The van der Waals surface area contributed by atoms with Gasteiger partial charge in [-0.3, -0.25) is 0 Å². The van der Waals surface area contributed by atoms with E-state index in [1.54, 1.807) is 0 Å². The average Bonchev–Trinajstić information content (AvgIpc) is 2.60. The minimum Gasteiger partial charge on any atom is -0.383 e. The highest BCUT2D eigenvalue weighted by Crippen LogP contribution is 2.17. The van der Waals surface area contributed by atoms with Crippen molar-refractivity contribution in [2.75, 3.05) is 31.8 Å². The van der Waals surface area contributed by atoms with E-state index in [9.17, 15) is 13.2 Å². The number of hydrogen-bond donors (Lipinski definition) is 1.